The highest BCUT2D eigenvalue weighted by atomic mass is 127. The maximum Gasteiger partial charge on any atom is 0.213 e. The Morgan fingerprint density at radius 2 is 1.81 bits per heavy atom. The lowest BCUT2D eigenvalue weighted by molar-refractivity contribution is 0.124. The first-order valence-electron chi connectivity index (χ1n) is 8.23. The van der Waals surface area contributed by atoms with Gasteiger partial charge in [-0.1, -0.05) is 6.07 Å². The van der Waals surface area contributed by atoms with E-state index in [-0.39, 0.29) is 29.6 Å². The van der Waals surface area contributed by atoms with Gasteiger partial charge in [0.25, 0.3) is 0 Å². The monoisotopic (exact) mass is 486 g/mol. The molecule has 2 aromatic rings. The van der Waals surface area contributed by atoms with Crippen LogP contribution in [0.5, 0.6) is 17.4 Å². The smallest absolute Gasteiger partial charge is 0.213 e. The number of nitrogens with one attached hydrogen (secondary N) is 1. The Morgan fingerprint density at radius 3 is 2.37 bits per heavy atom. The third-order valence-electron chi connectivity index (χ3n) is 3.30. The Kier molecular flexibility index (Phi) is 8.61. The molecule has 27 heavy (non-hydrogen) atoms. The van der Waals surface area contributed by atoms with E-state index in [9.17, 15) is 0 Å². The van der Waals surface area contributed by atoms with Crippen molar-refractivity contribution in [3.8, 4) is 17.4 Å². The number of nitrogens with zero attached hydrogens (tertiary/aromatic N) is 2. The number of methoxy groups -OCH3 is 2. The van der Waals surface area contributed by atoms with E-state index in [0.717, 1.165) is 11.3 Å². The Labute approximate surface area is 177 Å². The summed E-state index contributed by atoms with van der Waals surface area (Å²) in [4.78, 5) is 8.61. The van der Waals surface area contributed by atoms with Crippen LogP contribution in [0, 0.1) is 0 Å². The molecule has 0 saturated heterocycles. The van der Waals surface area contributed by atoms with Gasteiger partial charge in [0.15, 0.2) is 17.5 Å². The summed E-state index contributed by atoms with van der Waals surface area (Å²) < 4.78 is 16.2. The van der Waals surface area contributed by atoms with Crippen LogP contribution in [0.3, 0.4) is 0 Å². The van der Waals surface area contributed by atoms with E-state index in [4.69, 9.17) is 19.9 Å². The summed E-state index contributed by atoms with van der Waals surface area (Å²) in [5, 5.41) is 3.03. The summed E-state index contributed by atoms with van der Waals surface area (Å²) in [6.07, 6.45) is 1.73. The van der Waals surface area contributed by atoms with Crippen LogP contribution in [0.25, 0.3) is 0 Å². The second kappa shape index (κ2) is 10.2. The molecule has 2 rings (SSSR count). The number of hydrogen-bond donors (Lipinski definition) is 2. The van der Waals surface area contributed by atoms with Crippen LogP contribution in [0.15, 0.2) is 41.5 Å². The zero-order valence-electron chi connectivity index (χ0n) is 16.3. The van der Waals surface area contributed by atoms with Crippen LogP contribution in [0.2, 0.25) is 0 Å². The van der Waals surface area contributed by atoms with Gasteiger partial charge in [0, 0.05) is 24.0 Å². The maximum atomic E-state index is 5.95. The van der Waals surface area contributed by atoms with Crippen molar-refractivity contribution in [1.82, 2.24) is 4.98 Å². The zero-order chi connectivity index (χ0) is 19.2. The molecule has 1 aromatic carbocycles. The minimum atomic E-state index is -0.277. The standard InChI is InChI=1S/C19H26N4O3.HI/c1-19(2,3)26-17-9-6-13(11-21-17)12-22-18(20)23-14-7-8-15(24-4)16(10-14)25-5;/h6-11H,12H2,1-5H3,(H3,20,22,23);1H. The number of halogens is 1. The van der Waals surface area contributed by atoms with Crippen LogP contribution >= 0.6 is 24.0 Å². The number of guanidine groups is 1. The first kappa shape index (κ1) is 22.8. The Bertz CT molecular complexity index is 759. The summed E-state index contributed by atoms with van der Waals surface area (Å²) >= 11 is 0. The molecule has 7 nitrogen and oxygen atoms in total. The van der Waals surface area contributed by atoms with Crippen LogP contribution in [-0.2, 0) is 6.54 Å². The SMILES string of the molecule is COc1ccc(NC(N)=NCc2ccc(OC(C)(C)C)nc2)cc1OC.I. The average Bonchev–Trinajstić information content (AvgIpc) is 2.59. The summed E-state index contributed by atoms with van der Waals surface area (Å²) in [6.45, 7) is 6.35. The molecule has 0 radical (unpaired) electrons. The molecule has 0 aliphatic rings. The number of rotatable bonds is 6. The summed E-state index contributed by atoms with van der Waals surface area (Å²) in [5.74, 6) is 2.15. The molecule has 8 heteroatoms. The van der Waals surface area contributed by atoms with Crippen molar-refractivity contribution < 1.29 is 14.2 Å². The Balaban J connectivity index is 0.00000364. The van der Waals surface area contributed by atoms with Crippen molar-refractivity contribution in [3.63, 3.8) is 0 Å². The highest BCUT2D eigenvalue weighted by Crippen LogP contribution is 2.29. The number of ether oxygens (including phenoxy) is 3. The van der Waals surface area contributed by atoms with Crippen molar-refractivity contribution in [1.29, 1.82) is 0 Å². The highest BCUT2D eigenvalue weighted by molar-refractivity contribution is 14.0. The zero-order valence-corrected chi connectivity index (χ0v) is 18.6. The number of benzene rings is 1. The third-order valence-corrected chi connectivity index (χ3v) is 3.30. The van der Waals surface area contributed by atoms with E-state index in [1.807, 2.05) is 39.0 Å². The third kappa shape index (κ3) is 7.49. The number of aromatic nitrogens is 1. The first-order chi connectivity index (χ1) is 12.3. The molecule has 1 aromatic heterocycles. The molecule has 0 spiro atoms. The minimum absolute atomic E-state index is 0. The van der Waals surface area contributed by atoms with E-state index in [0.29, 0.717) is 29.9 Å². The number of hydrogen-bond acceptors (Lipinski definition) is 5. The number of anilines is 1. The second-order valence-electron chi connectivity index (χ2n) is 6.62. The largest absolute Gasteiger partial charge is 0.493 e. The fourth-order valence-corrected chi connectivity index (χ4v) is 2.16. The van der Waals surface area contributed by atoms with Gasteiger partial charge < -0.3 is 25.3 Å². The highest BCUT2D eigenvalue weighted by Gasteiger charge is 2.12. The molecule has 0 unspecified atom stereocenters. The van der Waals surface area contributed by atoms with Crippen molar-refractivity contribution in [2.24, 2.45) is 10.7 Å². The van der Waals surface area contributed by atoms with Crippen molar-refractivity contribution in [3.05, 3.63) is 42.1 Å². The van der Waals surface area contributed by atoms with Crippen LogP contribution < -0.4 is 25.3 Å². The normalized spacial score (nSPS) is 11.4. The predicted molar refractivity (Wildman–Crippen MR) is 119 cm³/mol. The second-order valence-corrected chi connectivity index (χ2v) is 6.62. The molecule has 0 amide bonds. The molecular formula is C19H27IN4O3. The van der Waals surface area contributed by atoms with E-state index >= 15 is 0 Å². The summed E-state index contributed by atoms with van der Waals surface area (Å²) in [6, 6.07) is 9.17. The van der Waals surface area contributed by atoms with Gasteiger partial charge in [0.05, 0.1) is 20.8 Å². The van der Waals surface area contributed by atoms with Crippen LogP contribution in [0.4, 0.5) is 5.69 Å². The minimum Gasteiger partial charge on any atom is -0.493 e. The Morgan fingerprint density at radius 1 is 1.11 bits per heavy atom. The average molecular weight is 486 g/mol. The van der Waals surface area contributed by atoms with Gasteiger partial charge in [0.1, 0.15) is 5.60 Å². The molecule has 0 saturated carbocycles. The molecule has 0 aliphatic heterocycles. The van der Waals surface area contributed by atoms with E-state index < -0.39 is 0 Å². The van der Waals surface area contributed by atoms with E-state index in [1.165, 1.54) is 0 Å². The van der Waals surface area contributed by atoms with Gasteiger partial charge in [-0.15, -0.1) is 24.0 Å². The molecule has 0 fully saturated rings. The lowest BCUT2D eigenvalue weighted by Gasteiger charge is -2.20. The lowest BCUT2D eigenvalue weighted by atomic mass is 10.2. The summed E-state index contributed by atoms with van der Waals surface area (Å²) in [7, 11) is 3.17. The van der Waals surface area contributed by atoms with Crippen LogP contribution in [0.1, 0.15) is 26.3 Å². The van der Waals surface area contributed by atoms with E-state index in [1.54, 1.807) is 32.5 Å². The number of nitrogens with two attached hydrogens (primary N) is 1. The lowest BCUT2D eigenvalue weighted by Crippen LogP contribution is -2.23. The predicted octanol–water partition coefficient (Wildman–Crippen LogP) is 3.82. The van der Waals surface area contributed by atoms with Gasteiger partial charge in [-0.2, -0.15) is 0 Å². The number of aliphatic imine (C=N–C) groups is 1. The van der Waals surface area contributed by atoms with E-state index in [2.05, 4.69) is 15.3 Å². The van der Waals surface area contributed by atoms with Crippen molar-refractivity contribution in [2.75, 3.05) is 19.5 Å². The maximum absolute atomic E-state index is 5.95. The number of pyridine rings is 1. The fourth-order valence-electron chi connectivity index (χ4n) is 2.16. The van der Waals surface area contributed by atoms with Gasteiger partial charge in [-0.05, 0) is 38.5 Å². The van der Waals surface area contributed by atoms with Gasteiger partial charge >= 0.3 is 0 Å². The molecule has 148 valence electrons. The topological polar surface area (TPSA) is 91.0 Å². The molecule has 1 heterocycles. The molecular weight excluding hydrogens is 459 g/mol. The summed E-state index contributed by atoms with van der Waals surface area (Å²) in [5.41, 5.74) is 7.37. The fraction of sp³-hybridized carbons (Fsp3) is 0.368. The quantitative estimate of drug-likeness (QED) is 0.367. The first-order valence-corrected chi connectivity index (χ1v) is 8.23. The molecule has 0 bridgehead atoms. The van der Waals surface area contributed by atoms with Gasteiger partial charge in [-0.3, -0.25) is 0 Å². The molecule has 3 N–H and O–H groups in total. The van der Waals surface area contributed by atoms with Crippen molar-refractivity contribution >= 4 is 35.6 Å². The van der Waals surface area contributed by atoms with Gasteiger partial charge in [0.2, 0.25) is 5.88 Å². The molecule has 0 aliphatic carbocycles. The van der Waals surface area contributed by atoms with Crippen LogP contribution in [-0.4, -0.2) is 30.8 Å². The van der Waals surface area contributed by atoms with Gasteiger partial charge in [-0.25, -0.2) is 9.98 Å². The Hall–Kier alpha value is -2.23. The molecule has 0 atom stereocenters. The van der Waals surface area contributed by atoms with Crippen molar-refractivity contribution in [2.45, 2.75) is 32.9 Å².